The van der Waals surface area contributed by atoms with E-state index in [1.165, 1.54) is 23.5 Å². The van der Waals surface area contributed by atoms with Crippen molar-refractivity contribution in [3.8, 4) is 5.75 Å². The highest BCUT2D eigenvalue weighted by Crippen LogP contribution is 2.25. The third-order valence-electron chi connectivity index (χ3n) is 5.82. The first kappa shape index (κ1) is 22.6. The summed E-state index contributed by atoms with van der Waals surface area (Å²) in [5.41, 5.74) is 0. The van der Waals surface area contributed by atoms with Crippen LogP contribution >= 0.6 is 0 Å². The predicted molar refractivity (Wildman–Crippen MR) is 113 cm³/mol. The predicted octanol–water partition coefficient (Wildman–Crippen LogP) is 1.61. The second-order valence-electron chi connectivity index (χ2n) is 7.89. The van der Waals surface area contributed by atoms with E-state index in [4.69, 9.17) is 4.74 Å². The Bertz CT molecular complexity index is 833. The fourth-order valence-corrected chi connectivity index (χ4v) is 5.53. The number of carbonyl (C=O) groups is 2. The zero-order valence-corrected chi connectivity index (χ0v) is 18.3. The molecule has 30 heavy (non-hydrogen) atoms. The Balaban J connectivity index is 1.56. The van der Waals surface area contributed by atoms with E-state index in [2.05, 4.69) is 5.32 Å². The molecule has 0 aromatic heterocycles. The lowest BCUT2D eigenvalue weighted by Crippen LogP contribution is -2.47. The number of hydrogen-bond donors (Lipinski definition) is 1. The van der Waals surface area contributed by atoms with Crippen LogP contribution in [0, 0.1) is 5.92 Å². The molecule has 0 spiro atoms. The van der Waals surface area contributed by atoms with Crippen LogP contribution in [0.5, 0.6) is 5.75 Å². The summed E-state index contributed by atoms with van der Waals surface area (Å²) in [4.78, 5) is 27.0. The van der Waals surface area contributed by atoms with E-state index in [9.17, 15) is 18.0 Å². The average molecular weight is 438 g/mol. The van der Waals surface area contributed by atoms with Gasteiger partial charge in [0, 0.05) is 26.2 Å². The number of piperidine rings is 1. The number of likely N-dealkylation sites (tertiary alicyclic amines) is 1. The molecule has 2 amide bonds. The van der Waals surface area contributed by atoms with Gasteiger partial charge in [-0.15, -0.1) is 0 Å². The van der Waals surface area contributed by atoms with E-state index in [-0.39, 0.29) is 29.8 Å². The highest BCUT2D eigenvalue weighted by atomic mass is 32.2. The highest BCUT2D eigenvalue weighted by Gasteiger charge is 2.33. The van der Waals surface area contributed by atoms with Crippen LogP contribution in [0.3, 0.4) is 0 Å². The Morgan fingerprint density at radius 3 is 2.33 bits per heavy atom. The summed E-state index contributed by atoms with van der Waals surface area (Å²) in [6.45, 7) is 1.96. The van der Waals surface area contributed by atoms with Crippen molar-refractivity contribution in [1.29, 1.82) is 0 Å². The van der Waals surface area contributed by atoms with Crippen molar-refractivity contribution in [3.05, 3.63) is 24.3 Å². The standard InChI is InChI=1S/C21H31N3O5S/c1-29-18-8-10-19(11-9-18)30(27,28)24-14-6-7-17(16-24)21(26)22-15-20(25)23-12-4-2-3-5-13-23/h8-11,17H,2-7,12-16H2,1H3,(H,22,26)/t17-/m0/s1. The summed E-state index contributed by atoms with van der Waals surface area (Å²) in [6.07, 6.45) is 5.49. The number of carbonyl (C=O) groups excluding carboxylic acids is 2. The molecule has 1 atom stereocenters. The molecule has 9 heteroatoms. The lowest BCUT2D eigenvalue weighted by molar-refractivity contribution is -0.134. The molecule has 1 N–H and O–H groups in total. The number of nitrogens with one attached hydrogen (secondary N) is 1. The Morgan fingerprint density at radius 2 is 1.70 bits per heavy atom. The smallest absolute Gasteiger partial charge is 0.243 e. The van der Waals surface area contributed by atoms with Gasteiger partial charge in [0.25, 0.3) is 0 Å². The molecule has 2 fully saturated rings. The van der Waals surface area contributed by atoms with Gasteiger partial charge in [0.1, 0.15) is 5.75 Å². The van der Waals surface area contributed by atoms with Crippen molar-refractivity contribution in [2.24, 2.45) is 5.92 Å². The second kappa shape index (κ2) is 10.3. The van der Waals surface area contributed by atoms with Gasteiger partial charge in [0.2, 0.25) is 21.8 Å². The summed E-state index contributed by atoms with van der Waals surface area (Å²) < 4.78 is 32.3. The monoisotopic (exact) mass is 437 g/mol. The van der Waals surface area contributed by atoms with Crippen LogP contribution in [0.2, 0.25) is 0 Å². The molecule has 1 aromatic carbocycles. The lowest BCUT2D eigenvalue weighted by Gasteiger charge is -2.31. The second-order valence-corrected chi connectivity index (χ2v) is 9.83. The zero-order valence-electron chi connectivity index (χ0n) is 17.5. The molecular formula is C21H31N3O5S. The van der Waals surface area contributed by atoms with Gasteiger partial charge >= 0.3 is 0 Å². The van der Waals surface area contributed by atoms with E-state index in [1.54, 1.807) is 12.1 Å². The average Bonchev–Trinajstić information content (AvgIpc) is 3.07. The fraction of sp³-hybridized carbons (Fsp3) is 0.619. The number of sulfonamides is 1. The van der Waals surface area contributed by atoms with E-state index < -0.39 is 15.9 Å². The van der Waals surface area contributed by atoms with Gasteiger partial charge in [-0.3, -0.25) is 9.59 Å². The van der Waals surface area contributed by atoms with Crippen LogP contribution in [0.4, 0.5) is 0 Å². The molecule has 2 aliphatic heterocycles. The first-order valence-electron chi connectivity index (χ1n) is 10.6. The normalized spacial score (nSPS) is 21.0. The summed E-state index contributed by atoms with van der Waals surface area (Å²) in [5.74, 6) is -0.195. The molecule has 0 radical (unpaired) electrons. The van der Waals surface area contributed by atoms with Crippen molar-refractivity contribution >= 4 is 21.8 Å². The Hall–Kier alpha value is -2.13. The molecule has 1 aromatic rings. The van der Waals surface area contributed by atoms with Crippen molar-refractivity contribution < 1.29 is 22.7 Å². The Labute approximate surface area is 178 Å². The van der Waals surface area contributed by atoms with E-state index in [1.807, 2.05) is 4.90 Å². The van der Waals surface area contributed by atoms with E-state index >= 15 is 0 Å². The third kappa shape index (κ3) is 5.51. The topological polar surface area (TPSA) is 96.0 Å². The fourth-order valence-electron chi connectivity index (χ4n) is 4.01. The summed E-state index contributed by atoms with van der Waals surface area (Å²) in [6, 6.07) is 6.24. The first-order valence-corrected chi connectivity index (χ1v) is 12.1. The van der Waals surface area contributed by atoms with Gasteiger partial charge in [-0.25, -0.2) is 8.42 Å². The molecular weight excluding hydrogens is 406 g/mol. The summed E-state index contributed by atoms with van der Waals surface area (Å²) in [7, 11) is -2.16. The van der Waals surface area contributed by atoms with Gasteiger partial charge in [0.15, 0.2) is 0 Å². The van der Waals surface area contributed by atoms with Gasteiger partial charge in [-0.05, 0) is 49.9 Å². The van der Waals surface area contributed by atoms with Crippen LogP contribution in [0.25, 0.3) is 0 Å². The largest absolute Gasteiger partial charge is 0.497 e. The minimum atomic E-state index is -3.68. The number of methoxy groups -OCH3 is 1. The van der Waals surface area contributed by atoms with E-state index in [0.717, 1.165) is 38.8 Å². The maximum Gasteiger partial charge on any atom is 0.243 e. The van der Waals surface area contributed by atoms with Crippen molar-refractivity contribution in [2.75, 3.05) is 39.8 Å². The number of rotatable bonds is 6. The van der Waals surface area contributed by atoms with Crippen LogP contribution in [0.15, 0.2) is 29.2 Å². The van der Waals surface area contributed by atoms with Gasteiger partial charge in [-0.1, -0.05) is 12.8 Å². The van der Waals surface area contributed by atoms with Crippen molar-refractivity contribution in [2.45, 2.75) is 43.4 Å². The van der Waals surface area contributed by atoms with Crippen molar-refractivity contribution in [3.63, 3.8) is 0 Å². The maximum atomic E-state index is 13.0. The molecule has 2 heterocycles. The molecule has 0 saturated carbocycles. The molecule has 166 valence electrons. The van der Waals surface area contributed by atoms with Crippen LogP contribution < -0.4 is 10.1 Å². The molecule has 8 nitrogen and oxygen atoms in total. The quantitative estimate of drug-likeness (QED) is 0.730. The summed E-state index contributed by atoms with van der Waals surface area (Å²) in [5, 5.41) is 2.73. The van der Waals surface area contributed by atoms with Crippen LogP contribution in [-0.2, 0) is 19.6 Å². The maximum absolute atomic E-state index is 13.0. The van der Waals surface area contributed by atoms with E-state index in [0.29, 0.717) is 25.1 Å². The number of amides is 2. The Kier molecular flexibility index (Phi) is 7.71. The number of hydrogen-bond acceptors (Lipinski definition) is 5. The zero-order chi connectivity index (χ0) is 21.6. The third-order valence-corrected chi connectivity index (χ3v) is 7.70. The molecule has 2 saturated heterocycles. The van der Waals surface area contributed by atoms with Crippen LogP contribution in [0.1, 0.15) is 38.5 Å². The number of benzene rings is 1. The molecule has 2 aliphatic rings. The number of ether oxygens (including phenoxy) is 1. The van der Waals surface area contributed by atoms with Crippen LogP contribution in [-0.4, -0.2) is 69.3 Å². The minimum Gasteiger partial charge on any atom is -0.497 e. The SMILES string of the molecule is COc1ccc(S(=O)(=O)N2CCC[C@H](C(=O)NCC(=O)N3CCCCCC3)C2)cc1. The molecule has 0 unspecified atom stereocenters. The first-order chi connectivity index (χ1) is 14.4. The molecule has 3 rings (SSSR count). The molecule has 0 aliphatic carbocycles. The van der Waals surface area contributed by atoms with Gasteiger partial charge in [-0.2, -0.15) is 4.31 Å². The highest BCUT2D eigenvalue weighted by molar-refractivity contribution is 7.89. The van der Waals surface area contributed by atoms with Gasteiger partial charge < -0.3 is 15.0 Å². The van der Waals surface area contributed by atoms with Gasteiger partial charge in [0.05, 0.1) is 24.5 Å². The van der Waals surface area contributed by atoms with Crippen molar-refractivity contribution in [1.82, 2.24) is 14.5 Å². The lowest BCUT2D eigenvalue weighted by atomic mass is 9.99. The molecule has 0 bridgehead atoms. The number of nitrogens with zero attached hydrogens (tertiary/aromatic N) is 2. The minimum absolute atomic E-state index is 0.0272. The summed E-state index contributed by atoms with van der Waals surface area (Å²) >= 11 is 0. The Morgan fingerprint density at radius 1 is 1.03 bits per heavy atom.